The fourth-order valence-corrected chi connectivity index (χ4v) is 3.20. The zero-order valence-corrected chi connectivity index (χ0v) is 13.6. The number of nitrogens with zero attached hydrogens (tertiary/aromatic N) is 1. The highest BCUT2D eigenvalue weighted by Gasteiger charge is 2.21. The molecule has 0 fully saturated rings. The molecule has 0 heterocycles. The first-order chi connectivity index (χ1) is 8.72. The molecule has 0 aliphatic rings. The van der Waals surface area contributed by atoms with E-state index in [9.17, 15) is 12.8 Å². The van der Waals surface area contributed by atoms with Gasteiger partial charge < -0.3 is 4.90 Å². The van der Waals surface area contributed by atoms with Gasteiger partial charge in [-0.3, -0.25) is 0 Å². The molecule has 1 aromatic carbocycles. The topological polar surface area (TPSA) is 49.4 Å². The van der Waals surface area contributed by atoms with Crippen molar-refractivity contribution in [2.24, 2.45) is 0 Å². The molecule has 0 amide bonds. The van der Waals surface area contributed by atoms with E-state index in [-0.39, 0.29) is 10.9 Å². The molecule has 0 spiro atoms. The Morgan fingerprint density at radius 3 is 2.58 bits per heavy atom. The molecule has 1 aromatic rings. The summed E-state index contributed by atoms with van der Waals surface area (Å²) in [4.78, 5) is 1.64. The standard InChI is InChI=1S/C12H18BrFN2O2S/c1-9(6-7-16(2)3)15-19(17,18)12-5-4-10(13)8-11(12)14/h4-5,8-9,15H,6-7H2,1-3H3. The smallest absolute Gasteiger partial charge is 0.243 e. The molecule has 0 aliphatic heterocycles. The number of sulfonamides is 1. The molecule has 0 bridgehead atoms. The number of hydrogen-bond acceptors (Lipinski definition) is 3. The zero-order chi connectivity index (χ0) is 14.6. The van der Waals surface area contributed by atoms with Crippen molar-refractivity contribution >= 4 is 26.0 Å². The maximum absolute atomic E-state index is 13.7. The van der Waals surface area contributed by atoms with Gasteiger partial charge in [0.2, 0.25) is 10.0 Å². The van der Waals surface area contributed by atoms with Crippen LogP contribution < -0.4 is 4.72 Å². The Morgan fingerprint density at radius 2 is 2.05 bits per heavy atom. The van der Waals surface area contributed by atoms with Gasteiger partial charge in [-0.25, -0.2) is 17.5 Å². The molecule has 1 rings (SSSR count). The van der Waals surface area contributed by atoms with Crippen LogP contribution in [0.15, 0.2) is 27.6 Å². The first-order valence-corrected chi connectivity index (χ1v) is 8.12. The molecule has 0 saturated heterocycles. The van der Waals surface area contributed by atoms with E-state index in [1.54, 1.807) is 6.92 Å². The second-order valence-electron chi connectivity index (χ2n) is 4.69. The summed E-state index contributed by atoms with van der Waals surface area (Å²) in [7, 11) is 0.00543. The Balaban J connectivity index is 2.81. The molecule has 0 radical (unpaired) electrons. The molecule has 19 heavy (non-hydrogen) atoms. The van der Waals surface area contributed by atoms with Crippen molar-refractivity contribution < 1.29 is 12.8 Å². The molecule has 1 atom stereocenters. The average Bonchev–Trinajstić information content (AvgIpc) is 2.25. The number of halogens is 2. The highest BCUT2D eigenvalue weighted by Crippen LogP contribution is 2.19. The van der Waals surface area contributed by atoms with Crippen molar-refractivity contribution in [1.82, 2.24) is 9.62 Å². The molecule has 1 unspecified atom stereocenters. The van der Waals surface area contributed by atoms with E-state index in [0.717, 1.165) is 12.6 Å². The highest BCUT2D eigenvalue weighted by molar-refractivity contribution is 9.10. The third-order valence-corrected chi connectivity index (χ3v) is 4.67. The lowest BCUT2D eigenvalue weighted by Gasteiger charge is -2.17. The van der Waals surface area contributed by atoms with Gasteiger partial charge in [0.05, 0.1) is 0 Å². The van der Waals surface area contributed by atoms with Gasteiger partial charge in [0.1, 0.15) is 10.7 Å². The van der Waals surface area contributed by atoms with Gasteiger partial charge in [-0.2, -0.15) is 0 Å². The van der Waals surface area contributed by atoms with Crippen LogP contribution in [0.3, 0.4) is 0 Å². The van der Waals surface area contributed by atoms with Crippen LogP contribution in [0.1, 0.15) is 13.3 Å². The predicted octanol–water partition coefficient (Wildman–Crippen LogP) is 2.21. The minimum atomic E-state index is -3.82. The summed E-state index contributed by atoms with van der Waals surface area (Å²) in [6.45, 7) is 2.52. The molecule has 7 heteroatoms. The summed E-state index contributed by atoms with van der Waals surface area (Å²) < 4.78 is 40.7. The van der Waals surface area contributed by atoms with E-state index in [1.165, 1.54) is 12.1 Å². The Hall–Kier alpha value is -0.500. The largest absolute Gasteiger partial charge is 0.309 e. The Labute approximate surface area is 122 Å². The Bertz CT molecular complexity index is 535. The van der Waals surface area contributed by atoms with Crippen LogP contribution in [-0.2, 0) is 10.0 Å². The summed E-state index contributed by atoms with van der Waals surface area (Å²) in [6.07, 6.45) is 0.657. The van der Waals surface area contributed by atoms with Crippen LogP contribution >= 0.6 is 15.9 Å². The van der Waals surface area contributed by atoms with Crippen LogP contribution in [0.2, 0.25) is 0 Å². The second-order valence-corrected chi connectivity index (χ2v) is 7.29. The first kappa shape index (κ1) is 16.6. The van der Waals surface area contributed by atoms with E-state index in [2.05, 4.69) is 20.7 Å². The summed E-state index contributed by atoms with van der Waals surface area (Å²) in [5.41, 5.74) is 0. The Kier molecular flexibility index (Phi) is 5.91. The number of benzene rings is 1. The summed E-state index contributed by atoms with van der Waals surface area (Å²) in [6, 6.07) is 3.64. The molecule has 0 aromatic heterocycles. The quantitative estimate of drug-likeness (QED) is 0.853. The monoisotopic (exact) mass is 352 g/mol. The van der Waals surface area contributed by atoms with Gasteiger partial charge in [0.25, 0.3) is 0 Å². The molecule has 0 aliphatic carbocycles. The molecule has 4 nitrogen and oxygen atoms in total. The van der Waals surface area contributed by atoms with Gasteiger partial charge in [-0.15, -0.1) is 0 Å². The van der Waals surface area contributed by atoms with Crippen LogP contribution in [0.4, 0.5) is 4.39 Å². The summed E-state index contributed by atoms with van der Waals surface area (Å²) >= 11 is 3.09. The molecule has 108 valence electrons. The SMILES string of the molecule is CC(CCN(C)C)NS(=O)(=O)c1ccc(Br)cc1F. The molecule has 0 saturated carbocycles. The fourth-order valence-electron chi connectivity index (χ4n) is 1.53. The van der Waals surface area contributed by atoms with Crippen molar-refractivity contribution in [3.8, 4) is 0 Å². The van der Waals surface area contributed by atoms with E-state index >= 15 is 0 Å². The fraction of sp³-hybridized carbons (Fsp3) is 0.500. The maximum atomic E-state index is 13.7. The Morgan fingerprint density at radius 1 is 1.42 bits per heavy atom. The van der Waals surface area contributed by atoms with Crippen LogP contribution in [0.5, 0.6) is 0 Å². The highest BCUT2D eigenvalue weighted by atomic mass is 79.9. The van der Waals surface area contributed by atoms with Crippen LogP contribution in [0.25, 0.3) is 0 Å². The van der Waals surface area contributed by atoms with Crippen molar-refractivity contribution in [2.75, 3.05) is 20.6 Å². The predicted molar refractivity (Wildman–Crippen MR) is 77.1 cm³/mol. The minimum Gasteiger partial charge on any atom is -0.309 e. The van der Waals surface area contributed by atoms with E-state index < -0.39 is 15.8 Å². The van der Waals surface area contributed by atoms with Gasteiger partial charge in [-0.1, -0.05) is 15.9 Å². The minimum absolute atomic E-state index is 0.254. The molecular formula is C12H18BrFN2O2S. The molecule has 1 N–H and O–H groups in total. The van der Waals surface area contributed by atoms with Gasteiger partial charge in [-0.05, 0) is 52.2 Å². The number of rotatable bonds is 6. The van der Waals surface area contributed by atoms with E-state index in [1.807, 2.05) is 19.0 Å². The maximum Gasteiger partial charge on any atom is 0.243 e. The number of hydrogen-bond donors (Lipinski definition) is 1. The lowest BCUT2D eigenvalue weighted by Crippen LogP contribution is -2.35. The normalized spacial score (nSPS) is 13.8. The third-order valence-electron chi connectivity index (χ3n) is 2.55. The van der Waals surface area contributed by atoms with Gasteiger partial charge >= 0.3 is 0 Å². The van der Waals surface area contributed by atoms with Crippen LogP contribution in [0, 0.1) is 5.82 Å². The third kappa shape index (κ3) is 5.18. The van der Waals surface area contributed by atoms with Gasteiger partial charge in [0.15, 0.2) is 0 Å². The van der Waals surface area contributed by atoms with E-state index in [0.29, 0.717) is 10.9 Å². The molecular weight excluding hydrogens is 335 g/mol. The van der Waals surface area contributed by atoms with Gasteiger partial charge in [0, 0.05) is 10.5 Å². The summed E-state index contributed by atoms with van der Waals surface area (Å²) in [5, 5.41) is 0. The van der Waals surface area contributed by atoms with Crippen molar-refractivity contribution in [3.63, 3.8) is 0 Å². The van der Waals surface area contributed by atoms with Crippen molar-refractivity contribution in [1.29, 1.82) is 0 Å². The van der Waals surface area contributed by atoms with Crippen molar-refractivity contribution in [3.05, 3.63) is 28.5 Å². The van der Waals surface area contributed by atoms with Crippen LogP contribution in [-0.4, -0.2) is 40.0 Å². The van der Waals surface area contributed by atoms with Crippen molar-refractivity contribution in [2.45, 2.75) is 24.3 Å². The average molecular weight is 353 g/mol. The van der Waals surface area contributed by atoms with E-state index in [4.69, 9.17) is 0 Å². The lowest BCUT2D eigenvalue weighted by atomic mass is 10.2. The first-order valence-electron chi connectivity index (χ1n) is 5.84. The zero-order valence-electron chi connectivity index (χ0n) is 11.2. The second kappa shape index (κ2) is 6.78. The lowest BCUT2D eigenvalue weighted by molar-refractivity contribution is 0.378. The number of nitrogens with one attached hydrogen (secondary N) is 1. The summed E-state index contributed by atoms with van der Waals surface area (Å²) in [5.74, 6) is -0.762.